The fourth-order valence-corrected chi connectivity index (χ4v) is 4.05. The van der Waals surface area contributed by atoms with Crippen LogP contribution < -0.4 is 5.73 Å². The molecule has 1 unspecified atom stereocenters. The van der Waals surface area contributed by atoms with Gasteiger partial charge >= 0.3 is 0 Å². The molecule has 1 nitrogen and oxygen atoms in total. The van der Waals surface area contributed by atoms with E-state index >= 15 is 0 Å². The maximum absolute atomic E-state index is 6.18. The molecule has 0 aliphatic heterocycles. The summed E-state index contributed by atoms with van der Waals surface area (Å²) < 4.78 is 0. The van der Waals surface area contributed by atoms with E-state index in [9.17, 15) is 0 Å². The van der Waals surface area contributed by atoms with Crippen LogP contribution in [0.5, 0.6) is 0 Å². The van der Waals surface area contributed by atoms with Crippen molar-refractivity contribution >= 4 is 35.0 Å². The van der Waals surface area contributed by atoms with Crippen LogP contribution in [0.15, 0.2) is 18.2 Å². The molecule has 0 aromatic heterocycles. The van der Waals surface area contributed by atoms with Gasteiger partial charge < -0.3 is 5.73 Å². The smallest absolute Gasteiger partial charge is 0.0439 e. The highest BCUT2D eigenvalue weighted by atomic mass is 35.5. The number of halogens is 2. The highest BCUT2D eigenvalue weighted by Crippen LogP contribution is 2.30. The molecular weight excluding hydrogens is 285 g/mol. The molecule has 1 atom stereocenters. The first-order valence-electron chi connectivity index (χ1n) is 6.46. The number of thioether (sulfide) groups is 1. The van der Waals surface area contributed by atoms with Crippen molar-refractivity contribution in [1.82, 2.24) is 0 Å². The van der Waals surface area contributed by atoms with Crippen molar-refractivity contribution in [2.75, 3.05) is 5.75 Å². The first-order chi connectivity index (χ1) is 8.65. The lowest BCUT2D eigenvalue weighted by atomic mass is 10.1. The van der Waals surface area contributed by atoms with Crippen LogP contribution in [-0.2, 0) is 6.42 Å². The Kier molecular flexibility index (Phi) is 5.68. The third-order valence-corrected chi connectivity index (χ3v) is 5.51. The highest BCUT2D eigenvalue weighted by Gasteiger charge is 2.17. The number of rotatable bonds is 5. The quantitative estimate of drug-likeness (QED) is 0.864. The van der Waals surface area contributed by atoms with Gasteiger partial charge in [-0.05, 0) is 43.0 Å². The molecule has 2 rings (SSSR count). The maximum atomic E-state index is 6.18. The summed E-state index contributed by atoms with van der Waals surface area (Å²) in [6.07, 6.45) is 6.28. The van der Waals surface area contributed by atoms with Gasteiger partial charge in [-0.1, -0.05) is 36.0 Å². The predicted molar refractivity (Wildman–Crippen MR) is 82.9 cm³/mol. The monoisotopic (exact) mass is 303 g/mol. The Labute approximate surface area is 123 Å². The summed E-state index contributed by atoms with van der Waals surface area (Å²) >= 11 is 14.1. The van der Waals surface area contributed by atoms with Crippen molar-refractivity contribution in [2.45, 2.75) is 43.4 Å². The summed E-state index contributed by atoms with van der Waals surface area (Å²) in [7, 11) is 0. The van der Waals surface area contributed by atoms with Crippen molar-refractivity contribution in [3.63, 3.8) is 0 Å². The van der Waals surface area contributed by atoms with Gasteiger partial charge in [0.2, 0.25) is 0 Å². The Hall–Kier alpha value is 0.110. The van der Waals surface area contributed by atoms with E-state index in [0.29, 0.717) is 0 Å². The van der Waals surface area contributed by atoms with Crippen LogP contribution in [0, 0.1) is 0 Å². The Bertz CT molecular complexity index is 391. The first-order valence-corrected chi connectivity index (χ1v) is 8.26. The lowest BCUT2D eigenvalue weighted by Gasteiger charge is -2.15. The second-order valence-electron chi connectivity index (χ2n) is 4.94. The first kappa shape index (κ1) is 14.5. The third kappa shape index (κ3) is 4.34. The van der Waals surface area contributed by atoms with E-state index in [2.05, 4.69) is 0 Å². The molecule has 0 amide bonds. The van der Waals surface area contributed by atoms with Gasteiger partial charge in [0, 0.05) is 27.1 Å². The van der Waals surface area contributed by atoms with E-state index in [1.54, 1.807) is 0 Å². The zero-order chi connectivity index (χ0) is 13.0. The molecule has 18 heavy (non-hydrogen) atoms. The largest absolute Gasteiger partial charge is 0.327 e. The van der Waals surface area contributed by atoms with E-state index in [0.717, 1.165) is 33.0 Å². The molecule has 0 spiro atoms. The van der Waals surface area contributed by atoms with Crippen LogP contribution in [0.4, 0.5) is 0 Å². The predicted octanol–water partition coefficient (Wildman–Crippen LogP) is 4.54. The standard InChI is InChI=1S/C14H19Cl2NS/c15-11-5-6-14(16)10(7-11)8-12(17)9-18-13-3-1-2-4-13/h5-7,12-13H,1-4,8-9,17H2. The van der Waals surface area contributed by atoms with Crippen molar-refractivity contribution < 1.29 is 0 Å². The molecule has 2 N–H and O–H groups in total. The Balaban J connectivity index is 1.82. The topological polar surface area (TPSA) is 26.0 Å². The van der Waals surface area contributed by atoms with Crippen LogP contribution in [0.3, 0.4) is 0 Å². The summed E-state index contributed by atoms with van der Waals surface area (Å²) in [5.74, 6) is 1.01. The molecule has 1 saturated carbocycles. The van der Waals surface area contributed by atoms with Gasteiger partial charge in [-0.3, -0.25) is 0 Å². The van der Waals surface area contributed by atoms with Gasteiger partial charge in [0.1, 0.15) is 0 Å². The minimum Gasteiger partial charge on any atom is -0.327 e. The molecule has 4 heteroatoms. The van der Waals surface area contributed by atoms with Gasteiger partial charge in [0.05, 0.1) is 0 Å². The van der Waals surface area contributed by atoms with E-state index in [1.165, 1.54) is 25.7 Å². The zero-order valence-corrected chi connectivity index (χ0v) is 12.7. The molecule has 0 bridgehead atoms. The van der Waals surface area contributed by atoms with Crippen LogP contribution in [0.2, 0.25) is 10.0 Å². The SMILES string of the molecule is NC(CSC1CCCC1)Cc1cc(Cl)ccc1Cl. The number of nitrogens with two attached hydrogens (primary N) is 1. The summed E-state index contributed by atoms with van der Waals surface area (Å²) in [5.41, 5.74) is 7.24. The minimum atomic E-state index is 0.159. The second kappa shape index (κ2) is 7.04. The molecule has 0 radical (unpaired) electrons. The normalized spacial score (nSPS) is 18.2. The van der Waals surface area contributed by atoms with Gasteiger partial charge in [-0.15, -0.1) is 0 Å². The van der Waals surface area contributed by atoms with Crippen molar-refractivity contribution in [3.8, 4) is 0 Å². The maximum Gasteiger partial charge on any atom is 0.0439 e. The van der Waals surface area contributed by atoms with Crippen molar-refractivity contribution in [3.05, 3.63) is 33.8 Å². The second-order valence-corrected chi connectivity index (χ2v) is 7.12. The summed E-state index contributed by atoms with van der Waals surface area (Å²) in [6, 6.07) is 5.73. The molecule has 0 heterocycles. The van der Waals surface area contributed by atoms with E-state index in [-0.39, 0.29) is 6.04 Å². The Morgan fingerprint density at radius 1 is 1.28 bits per heavy atom. The van der Waals surface area contributed by atoms with Gasteiger partial charge in [-0.25, -0.2) is 0 Å². The summed E-state index contributed by atoms with van der Waals surface area (Å²) in [5, 5.41) is 2.32. The number of hydrogen-bond acceptors (Lipinski definition) is 2. The number of benzene rings is 1. The molecular formula is C14H19Cl2NS. The fourth-order valence-electron chi connectivity index (χ4n) is 2.36. The third-order valence-electron chi connectivity index (χ3n) is 3.34. The van der Waals surface area contributed by atoms with Crippen LogP contribution in [0.1, 0.15) is 31.2 Å². The highest BCUT2D eigenvalue weighted by molar-refractivity contribution is 7.99. The summed E-state index contributed by atoms with van der Waals surface area (Å²) in [4.78, 5) is 0. The van der Waals surface area contributed by atoms with E-state index in [4.69, 9.17) is 28.9 Å². The van der Waals surface area contributed by atoms with Crippen LogP contribution in [-0.4, -0.2) is 17.0 Å². The molecule has 1 aliphatic carbocycles. The lowest BCUT2D eigenvalue weighted by molar-refractivity contribution is 0.745. The van der Waals surface area contributed by atoms with Crippen molar-refractivity contribution in [1.29, 1.82) is 0 Å². The van der Waals surface area contributed by atoms with Crippen LogP contribution >= 0.6 is 35.0 Å². The zero-order valence-electron chi connectivity index (χ0n) is 10.4. The molecule has 100 valence electrons. The van der Waals surface area contributed by atoms with Gasteiger partial charge in [0.15, 0.2) is 0 Å². The Morgan fingerprint density at radius 2 is 2.00 bits per heavy atom. The molecule has 1 aromatic carbocycles. The molecule has 1 aliphatic rings. The molecule has 1 aromatic rings. The summed E-state index contributed by atoms with van der Waals surface area (Å²) in [6.45, 7) is 0. The number of hydrogen-bond donors (Lipinski definition) is 1. The van der Waals surface area contributed by atoms with Crippen LogP contribution in [0.25, 0.3) is 0 Å². The van der Waals surface area contributed by atoms with Gasteiger partial charge in [-0.2, -0.15) is 11.8 Å². The average molecular weight is 304 g/mol. The average Bonchev–Trinajstić information content (AvgIpc) is 2.84. The van der Waals surface area contributed by atoms with E-state index in [1.807, 2.05) is 30.0 Å². The molecule has 0 saturated heterocycles. The van der Waals surface area contributed by atoms with Gasteiger partial charge in [0.25, 0.3) is 0 Å². The minimum absolute atomic E-state index is 0.159. The van der Waals surface area contributed by atoms with Crippen molar-refractivity contribution in [2.24, 2.45) is 5.73 Å². The Morgan fingerprint density at radius 3 is 2.72 bits per heavy atom. The lowest BCUT2D eigenvalue weighted by Crippen LogP contribution is -2.26. The molecule has 1 fully saturated rings. The fraction of sp³-hybridized carbons (Fsp3) is 0.571. The van der Waals surface area contributed by atoms with E-state index < -0.39 is 0 Å².